The van der Waals surface area contributed by atoms with Crippen LogP contribution in [0.1, 0.15) is 5.56 Å². The molecule has 14 heavy (non-hydrogen) atoms. The van der Waals surface area contributed by atoms with Gasteiger partial charge in [0.05, 0.1) is 4.90 Å². The number of halogens is 1. The van der Waals surface area contributed by atoms with E-state index in [1.807, 2.05) is 0 Å². The summed E-state index contributed by atoms with van der Waals surface area (Å²) in [5, 5.41) is 0.638. The minimum absolute atomic E-state index is 0. The van der Waals surface area contributed by atoms with Crippen LogP contribution in [0.2, 0.25) is 0 Å². The molecule has 3 nitrogen and oxygen atoms in total. The first kappa shape index (κ1) is 14.6. The van der Waals surface area contributed by atoms with Crippen LogP contribution in [0.4, 0.5) is 0 Å². The van der Waals surface area contributed by atoms with Crippen molar-refractivity contribution in [3.8, 4) is 0 Å². The van der Waals surface area contributed by atoms with Crippen LogP contribution in [0, 0.1) is 0 Å². The summed E-state index contributed by atoms with van der Waals surface area (Å²) in [7, 11) is -4.33. The van der Waals surface area contributed by atoms with Crippen LogP contribution in [-0.4, -0.2) is 18.3 Å². The molecule has 0 amide bonds. The van der Waals surface area contributed by atoms with Crippen LogP contribution in [0.25, 0.3) is 0 Å². The first-order valence-corrected chi connectivity index (χ1v) is 6.18. The number of benzene rings is 1. The van der Waals surface area contributed by atoms with Crippen molar-refractivity contribution in [2.24, 2.45) is 0 Å². The molecule has 1 rings (SSSR count). The molecule has 0 heterocycles. The van der Waals surface area contributed by atoms with Crippen molar-refractivity contribution in [2.45, 2.75) is 11.3 Å². The second kappa shape index (κ2) is 6.25. The van der Waals surface area contributed by atoms with Crippen molar-refractivity contribution < 1.29 is 42.5 Å². The van der Waals surface area contributed by atoms with Crippen LogP contribution in [0.3, 0.4) is 0 Å². The molecule has 0 aliphatic carbocycles. The van der Waals surface area contributed by atoms with Gasteiger partial charge >= 0.3 is 29.6 Å². The maximum Gasteiger partial charge on any atom is 1.00 e. The van der Waals surface area contributed by atoms with Gasteiger partial charge in [-0.05, 0) is 18.1 Å². The molecule has 0 unspecified atom stereocenters. The molecule has 0 spiro atoms. The number of aryl methyl sites for hydroxylation is 1. The second-order valence-corrected chi connectivity index (χ2v) is 4.64. The van der Waals surface area contributed by atoms with Crippen LogP contribution in [0.5, 0.6) is 0 Å². The third-order valence-electron chi connectivity index (χ3n) is 1.61. The standard InChI is InChI=1S/C8H9BrO3S.Na/c9-6-5-7-3-1-2-4-8(7)13(10,11)12;/h1-4H,5-6H2,(H,10,11,12);/q;+1/p-1. The fourth-order valence-corrected chi connectivity index (χ4v) is 2.22. The van der Waals surface area contributed by atoms with Gasteiger partial charge in [0.15, 0.2) is 0 Å². The Balaban J connectivity index is 0.00000169. The molecule has 0 saturated carbocycles. The predicted octanol–water partition coefficient (Wildman–Crippen LogP) is -1.47. The van der Waals surface area contributed by atoms with E-state index in [4.69, 9.17) is 0 Å². The third-order valence-corrected chi connectivity index (χ3v) is 2.94. The van der Waals surface area contributed by atoms with Gasteiger partial charge in [-0.1, -0.05) is 34.1 Å². The summed E-state index contributed by atoms with van der Waals surface area (Å²) >= 11 is 3.19. The molecule has 0 aromatic heterocycles. The Kier molecular flexibility index (Phi) is 6.52. The summed E-state index contributed by atoms with van der Waals surface area (Å²) in [6, 6.07) is 6.24. The van der Waals surface area contributed by atoms with Crippen LogP contribution < -0.4 is 29.6 Å². The predicted molar refractivity (Wildman–Crippen MR) is 51.9 cm³/mol. The Morgan fingerprint density at radius 2 is 1.86 bits per heavy atom. The Morgan fingerprint density at radius 1 is 1.29 bits per heavy atom. The van der Waals surface area contributed by atoms with Gasteiger partial charge in [0, 0.05) is 5.33 Å². The Hall–Kier alpha value is 0.610. The van der Waals surface area contributed by atoms with Crippen molar-refractivity contribution in [1.82, 2.24) is 0 Å². The van der Waals surface area contributed by atoms with Crippen LogP contribution >= 0.6 is 15.9 Å². The van der Waals surface area contributed by atoms with Crippen LogP contribution in [-0.2, 0) is 16.5 Å². The molecule has 1 aromatic carbocycles. The van der Waals surface area contributed by atoms with Gasteiger partial charge in [0.2, 0.25) is 0 Å². The zero-order valence-electron chi connectivity index (χ0n) is 7.73. The van der Waals surface area contributed by atoms with Crippen molar-refractivity contribution in [2.75, 3.05) is 5.33 Å². The molecule has 72 valence electrons. The minimum atomic E-state index is -4.33. The van der Waals surface area contributed by atoms with E-state index in [9.17, 15) is 13.0 Å². The summed E-state index contributed by atoms with van der Waals surface area (Å²) in [6.45, 7) is 0. The Morgan fingerprint density at radius 3 is 2.36 bits per heavy atom. The van der Waals surface area contributed by atoms with Crippen molar-refractivity contribution in [1.29, 1.82) is 0 Å². The van der Waals surface area contributed by atoms with Gasteiger partial charge in [-0.15, -0.1) is 0 Å². The van der Waals surface area contributed by atoms with Crippen molar-refractivity contribution in [3.05, 3.63) is 29.8 Å². The summed E-state index contributed by atoms with van der Waals surface area (Å²) in [5.41, 5.74) is 0.564. The van der Waals surface area contributed by atoms with E-state index in [1.165, 1.54) is 6.07 Å². The second-order valence-electron chi connectivity index (χ2n) is 2.50. The molecule has 0 bridgehead atoms. The Bertz CT molecular complexity index is 391. The number of rotatable bonds is 3. The zero-order valence-corrected chi connectivity index (χ0v) is 12.1. The molecular weight excluding hydrogens is 279 g/mol. The Labute approximate surface area is 114 Å². The van der Waals surface area contributed by atoms with Gasteiger partial charge in [-0.25, -0.2) is 8.42 Å². The summed E-state index contributed by atoms with van der Waals surface area (Å²) in [4.78, 5) is -0.116. The smallest absolute Gasteiger partial charge is 0.744 e. The number of hydrogen-bond donors (Lipinski definition) is 0. The van der Waals surface area contributed by atoms with Gasteiger partial charge in [-0.2, -0.15) is 0 Å². The molecule has 0 aliphatic heterocycles. The summed E-state index contributed by atoms with van der Waals surface area (Å²) < 4.78 is 32.3. The first-order chi connectivity index (χ1) is 6.05. The molecule has 0 saturated heterocycles. The van der Waals surface area contributed by atoms with E-state index in [1.54, 1.807) is 18.2 Å². The van der Waals surface area contributed by atoms with E-state index in [2.05, 4.69) is 15.9 Å². The van der Waals surface area contributed by atoms with Gasteiger partial charge in [0.1, 0.15) is 10.1 Å². The molecule has 0 aliphatic rings. The van der Waals surface area contributed by atoms with Gasteiger partial charge in [-0.3, -0.25) is 0 Å². The molecule has 0 atom stereocenters. The maximum absolute atomic E-state index is 10.8. The van der Waals surface area contributed by atoms with E-state index in [-0.39, 0.29) is 34.5 Å². The molecule has 0 N–H and O–H groups in total. The first-order valence-electron chi connectivity index (χ1n) is 3.65. The van der Waals surface area contributed by atoms with E-state index in [0.717, 1.165) is 0 Å². The maximum atomic E-state index is 10.8. The van der Waals surface area contributed by atoms with Crippen molar-refractivity contribution in [3.63, 3.8) is 0 Å². The molecule has 6 heteroatoms. The van der Waals surface area contributed by atoms with Crippen molar-refractivity contribution >= 4 is 26.0 Å². The molecule has 1 aromatic rings. The number of hydrogen-bond acceptors (Lipinski definition) is 3. The SMILES string of the molecule is O=S(=O)([O-])c1ccccc1CCBr.[Na+]. The molecule has 0 radical (unpaired) electrons. The van der Waals surface area contributed by atoms with E-state index in [0.29, 0.717) is 17.3 Å². The summed E-state index contributed by atoms with van der Waals surface area (Å²) in [6.07, 6.45) is 0.539. The van der Waals surface area contributed by atoms with Gasteiger partial charge < -0.3 is 4.55 Å². The average molecular weight is 287 g/mol. The van der Waals surface area contributed by atoms with Crippen LogP contribution in [0.15, 0.2) is 29.2 Å². The minimum Gasteiger partial charge on any atom is -0.744 e. The third kappa shape index (κ3) is 4.00. The fourth-order valence-electron chi connectivity index (χ4n) is 1.06. The number of alkyl halides is 1. The van der Waals surface area contributed by atoms with E-state index < -0.39 is 10.1 Å². The quantitative estimate of drug-likeness (QED) is 0.387. The normalized spacial score (nSPS) is 10.7. The topological polar surface area (TPSA) is 57.2 Å². The monoisotopic (exact) mass is 286 g/mol. The summed E-state index contributed by atoms with van der Waals surface area (Å²) in [5.74, 6) is 0. The fraction of sp³-hybridized carbons (Fsp3) is 0.250. The largest absolute Gasteiger partial charge is 1.00 e. The molecule has 0 fully saturated rings. The van der Waals surface area contributed by atoms with Gasteiger partial charge in [0.25, 0.3) is 0 Å². The average Bonchev–Trinajstić information content (AvgIpc) is 2.04. The zero-order chi connectivity index (χ0) is 9.90. The van der Waals surface area contributed by atoms with E-state index >= 15 is 0 Å². The molecular formula is C8H8BrNaO3S.